The van der Waals surface area contributed by atoms with Crippen molar-refractivity contribution < 1.29 is 9.53 Å². The Kier molecular flexibility index (Phi) is 4.43. The molecule has 0 saturated heterocycles. The van der Waals surface area contributed by atoms with Gasteiger partial charge >= 0.3 is 0 Å². The summed E-state index contributed by atoms with van der Waals surface area (Å²) in [5, 5.41) is 0.338. The topological polar surface area (TPSA) is 78.3 Å². The maximum atomic E-state index is 11.5. The number of hydrogen-bond donors (Lipinski definition) is 2. The van der Waals surface area contributed by atoms with Crippen LogP contribution < -0.4 is 16.2 Å². The summed E-state index contributed by atoms with van der Waals surface area (Å²) in [6.45, 7) is 4.43. The van der Waals surface area contributed by atoms with Crippen molar-refractivity contribution in [3.63, 3.8) is 0 Å². The molecule has 0 aromatic heterocycles. The number of nitrogen functional groups attached to an aromatic ring is 1. The lowest BCUT2D eigenvalue weighted by molar-refractivity contribution is 0.0935. The summed E-state index contributed by atoms with van der Waals surface area (Å²) in [6.07, 6.45) is 3.19. The third kappa shape index (κ3) is 3.37. The largest absolute Gasteiger partial charge is 0.488 e. The minimum Gasteiger partial charge on any atom is -0.488 e. The second-order valence-electron chi connectivity index (χ2n) is 5.90. The average molecular weight is 297 g/mol. The van der Waals surface area contributed by atoms with Crippen molar-refractivity contribution in [2.24, 2.45) is 17.6 Å². The summed E-state index contributed by atoms with van der Waals surface area (Å²) < 4.78 is 5.99. The van der Waals surface area contributed by atoms with Gasteiger partial charge in [0.15, 0.2) is 5.75 Å². The van der Waals surface area contributed by atoms with Crippen LogP contribution in [-0.2, 0) is 0 Å². The Morgan fingerprint density at radius 3 is 2.40 bits per heavy atom. The van der Waals surface area contributed by atoms with Crippen molar-refractivity contribution in [1.82, 2.24) is 0 Å². The minimum atomic E-state index is -0.578. The van der Waals surface area contributed by atoms with E-state index < -0.39 is 5.91 Å². The molecule has 2 unspecified atom stereocenters. The Hall–Kier alpha value is -1.42. The van der Waals surface area contributed by atoms with Gasteiger partial charge in [0, 0.05) is 5.69 Å². The fraction of sp³-hybridized carbons (Fsp3) is 0.533. The predicted octanol–water partition coefficient (Wildman–Crippen LogP) is 3.22. The molecule has 110 valence electrons. The lowest BCUT2D eigenvalue weighted by Gasteiger charge is -2.32. The van der Waals surface area contributed by atoms with Crippen LogP contribution in [0.5, 0.6) is 5.75 Å². The zero-order valence-corrected chi connectivity index (χ0v) is 12.6. The number of primary amides is 1. The van der Waals surface area contributed by atoms with Crippen molar-refractivity contribution in [1.29, 1.82) is 0 Å². The number of rotatable bonds is 3. The molecule has 4 nitrogen and oxygen atoms in total. The van der Waals surface area contributed by atoms with E-state index in [9.17, 15) is 4.79 Å². The van der Waals surface area contributed by atoms with E-state index in [-0.39, 0.29) is 11.7 Å². The van der Waals surface area contributed by atoms with Crippen LogP contribution in [-0.4, -0.2) is 12.0 Å². The van der Waals surface area contributed by atoms with Crippen LogP contribution >= 0.6 is 11.6 Å². The van der Waals surface area contributed by atoms with Gasteiger partial charge in [0.1, 0.15) is 0 Å². The number of ether oxygens (including phenoxy) is 1. The van der Waals surface area contributed by atoms with E-state index in [1.165, 1.54) is 12.5 Å². The highest BCUT2D eigenvalue weighted by atomic mass is 35.5. The van der Waals surface area contributed by atoms with Crippen molar-refractivity contribution in [2.45, 2.75) is 39.2 Å². The molecule has 1 aliphatic rings. The van der Waals surface area contributed by atoms with Crippen LogP contribution in [0.25, 0.3) is 0 Å². The Labute approximate surface area is 124 Å². The number of carbonyl (C=O) groups is 1. The second kappa shape index (κ2) is 5.92. The van der Waals surface area contributed by atoms with E-state index in [1.54, 1.807) is 6.07 Å². The first-order valence-corrected chi connectivity index (χ1v) is 7.30. The molecule has 4 N–H and O–H groups in total. The highest BCUT2D eigenvalue weighted by Gasteiger charge is 2.27. The zero-order valence-electron chi connectivity index (χ0n) is 11.9. The van der Waals surface area contributed by atoms with Gasteiger partial charge in [0.2, 0.25) is 0 Å². The molecule has 0 bridgehead atoms. The van der Waals surface area contributed by atoms with Crippen LogP contribution in [0.4, 0.5) is 5.69 Å². The molecule has 1 aliphatic carbocycles. The molecule has 0 heterocycles. The predicted molar refractivity (Wildman–Crippen MR) is 81.0 cm³/mol. The number of halogens is 1. The normalized spacial score (nSPS) is 26.2. The molecular weight excluding hydrogens is 276 g/mol. The van der Waals surface area contributed by atoms with Crippen LogP contribution in [0.2, 0.25) is 5.02 Å². The summed E-state index contributed by atoms with van der Waals surface area (Å²) >= 11 is 6.16. The van der Waals surface area contributed by atoms with Crippen LogP contribution in [0.1, 0.15) is 43.5 Å². The van der Waals surface area contributed by atoms with Gasteiger partial charge in [-0.25, -0.2) is 0 Å². The first-order chi connectivity index (χ1) is 9.36. The molecule has 0 spiro atoms. The van der Waals surface area contributed by atoms with Crippen molar-refractivity contribution in [3.05, 3.63) is 22.7 Å². The Morgan fingerprint density at radius 1 is 1.25 bits per heavy atom. The number of nitrogens with two attached hydrogens (primary N) is 2. The molecule has 1 aromatic rings. The van der Waals surface area contributed by atoms with Gasteiger partial charge in [0.05, 0.1) is 16.7 Å². The Morgan fingerprint density at radius 2 is 1.85 bits per heavy atom. The molecule has 0 radical (unpaired) electrons. The van der Waals surface area contributed by atoms with Gasteiger partial charge < -0.3 is 16.2 Å². The third-order valence-corrected chi connectivity index (χ3v) is 4.03. The monoisotopic (exact) mass is 296 g/mol. The van der Waals surface area contributed by atoms with E-state index in [4.69, 9.17) is 27.8 Å². The standard InChI is InChI=1S/C15H21ClN2O2/c1-8-3-9(2)5-11(4-8)20-14-12(15(18)19)6-10(17)7-13(14)16/h6-9,11H,3-5,17H2,1-2H3,(H2,18,19). The Bertz CT molecular complexity index is 509. The van der Waals surface area contributed by atoms with Crippen LogP contribution in [0.15, 0.2) is 12.1 Å². The average Bonchev–Trinajstić information content (AvgIpc) is 2.30. The highest BCUT2D eigenvalue weighted by Crippen LogP contribution is 2.36. The van der Waals surface area contributed by atoms with Gasteiger partial charge in [0.25, 0.3) is 5.91 Å². The maximum absolute atomic E-state index is 11.5. The molecule has 20 heavy (non-hydrogen) atoms. The molecule has 2 atom stereocenters. The fourth-order valence-electron chi connectivity index (χ4n) is 3.05. The van der Waals surface area contributed by atoms with E-state index in [2.05, 4.69) is 13.8 Å². The lowest BCUT2D eigenvalue weighted by atomic mass is 9.82. The van der Waals surface area contributed by atoms with Crippen molar-refractivity contribution in [2.75, 3.05) is 5.73 Å². The second-order valence-corrected chi connectivity index (χ2v) is 6.31. The number of hydrogen-bond acceptors (Lipinski definition) is 3. The number of benzene rings is 1. The Balaban J connectivity index is 2.26. The first-order valence-electron chi connectivity index (χ1n) is 6.92. The molecule has 2 rings (SSSR count). The number of anilines is 1. The molecular formula is C15H21ClN2O2. The highest BCUT2D eigenvalue weighted by molar-refractivity contribution is 6.33. The SMILES string of the molecule is CC1CC(C)CC(Oc2c(Cl)cc(N)cc2C(N)=O)C1. The summed E-state index contributed by atoms with van der Waals surface area (Å²) in [4.78, 5) is 11.5. The van der Waals surface area contributed by atoms with Gasteiger partial charge in [-0.15, -0.1) is 0 Å². The van der Waals surface area contributed by atoms with Crippen LogP contribution in [0, 0.1) is 11.8 Å². The maximum Gasteiger partial charge on any atom is 0.252 e. The summed E-state index contributed by atoms with van der Waals surface area (Å²) in [5.74, 6) is 0.993. The first kappa shape index (κ1) is 15.0. The van der Waals surface area contributed by atoms with Gasteiger partial charge in [-0.05, 0) is 43.2 Å². The van der Waals surface area contributed by atoms with Gasteiger partial charge in [-0.1, -0.05) is 25.4 Å². The smallest absolute Gasteiger partial charge is 0.252 e. The third-order valence-electron chi connectivity index (χ3n) is 3.75. The van der Waals surface area contributed by atoms with E-state index in [1.807, 2.05) is 0 Å². The quantitative estimate of drug-likeness (QED) is 0.841. The molecule has 1 fully saturated rings. The van der Waals surface area contributed by atoms with Crippen molar-refractivity contribution >= 4 is 23.2 Å². The van der Waals surface area contributed by atoms with E-state index in [0.717, 1.165) is 12.8 Å². The zero-order chi connectivity index (χ0) is 14.9. The number of carbonyl (C=O) groups excluding carboxylic acids is 1. The molecule has 1 saturated carbocycles. The van der Waals surface area contributed by atoms with Crippen LogP contribution in [0.3, 0.4) is 0 Å². The molecule has 1 aromatic carbocycles. The van der Waals surface area contributed by atoms with Gasteiger partial charge in [-0.3, -0.25) is 4.79 Å². The number of amides is 1. The fourth-order valence-corrected chi connectivity index (χ4v) is 3.33. The van der Waals surface area contributed by atoms with Crippen molar-refractivity contribution in [3.8, 4) is 5.75 Å². The molecule has 0 aliphatic heterocycles. The van der Waals surface area contributed by atoms with E-state index in [0.29, 0.717) is 28.3 Å². The molecule has 1 amide bonds. The lowest BCUT2D eigenvalue weighted by Crippen LogP contribution is -2.29. The summed E-state index contributed by atoms with van der Waals surface area (Å²) in [6, 6.07) is 3.10. The molecule has 5 heteroatoms. The summed E-state index contributed by atoms with van der Waals surface area (Å²) in [7, 11) is 0. The minimum absolute atomic E-state index is 0.0629. The van der Waals surface area contributed by atoms with Gasteiger partial charge in [-0.2, -0.15) is 0 Å². The summed E-state index contributed by atoms with van der Waals surface area (Å²) in [5.41, 5.74) is 11.7. The van der Waals surface area contributed by atoms with E-state index >= 15 is 0 Å².